The fourth-order valence-corrected chi connectivity index (χ4v) is 4.32. The van der Waals surface area contributed by atoms with Crippen LogP contribution in [0.4, 0.5) is 14.5 Å². The summed E-state index contributed by atoms with van der Waals surface area (Å²) < 4.78 is 52.8. The zero-order valence-electron chi connectivity index (χ0n) is 13.8. The van der Waals surface area contributed by atoms with Crippen LogP contribution in [0, 0.1) is 11.6 Å². The van der Waals surface area contributed by atoms with Gasteiger partial charge in [-0.15, -0.1) is 0 Å². The highest BCUT2D eigenvalue weighted by atomic mass is 32.2. The molecule has 6 nitrogen and oxygen atoms in total. The molecule has 0 fully saturated rings. The Hall–Kier alpha value is -3.07. The highest BCUT2D eigenvalue weighted by Crippen LogP contribution is 2.31. The number of hydrogen-bond acceptors (Lipinski definition) is 4. The van der Waals surface area contributed by atoms with Crippen molar-refractivity contribution in [2.24, 2.45) is 0 Å². The molecular weight excluding hydrogens is 376 g/mol. The minimum Gasteiger partial charge on any atom is -0.318 e. The summed E-state index contributed by atoms with van der Waals surface area (Å²) in [5.74, 6) is -1.97. The first-order valence-electron chi connectivity index (χ1n) is 8.02. The molecule has 3 aromatic rings. The third-order valence-electron chi connectivity index (χ3n) is 4.25. The zero-order chi connectivity index (χ0) is 19.2. The summed E-state index contributed by atoms with van der Waals surface area (Å²) in [4.78, 5) is 17.0. The van der Waals surface area contributed by atoms with Gasteiger partial charge in [0.1, 0.15) is 23.0 Å². The Labute approximate surface area is 153 Å². The summed E-state index contributed by atoms with van der Waals surface area (Å²) in [6.07, 6.45) is 0. The highest BCUT2D eigenvalue weighted by Gasteiger charge is 2.35. The maximum Gasteiger partial charge on any atom is 0.274 e. The monoisotopic (exact) mass is 389 g/mol. The number of nitrogens with one attached hydrogen (secondary N) is 1. The van der Waals surface area contributed by atoms with E-state index in [2.05, 4.69) is 10.3 Å². The molecule has 2 heterocycles. The van der Waals surface area contributed by atoms with Crippen LogP contribution in [0.5, 0.6) is 0 Å². The smallest absolute Gasteiger partial charge is 0.274 e. The van der Waals surface area contributed by atoms with Crippen LogP contribution in [-0.2, 0) is 16.4 Å². The molecule has 1 aliphatic rings. The molecule has 1 aromatic heterocycles. The molecule has 0 saturated carbocycles. The van der Waals surface area contributed by atoms with Gasteiger partial charge < -0.3 is 9.88 Å². The van der Waals surface area contributed by atoms with E-state index < -0.39 is 27.4 Å². The van der Waals surface area contributed by atoms with E-state index in [0.29, 0.717) is 5.56 Å². The largest absolute Gasteiger partial charge is 0.318 e. The predicted molar refractivity (Wildman–Crippen MR) is 94.0 cm³/mol. The Morgan fingerprint density at radius 2 is 1.78 bits per heavy atom. The molecule has 0 bridgehead atoms. The first kappa shape index (κ1) is 17.3. The van der Waals surface area contributed by atoms with E-state index in [1.165, 1.54) is 47.0 Å². The van der Waals surface area contributed by atoms with Crippen molar-refractivity contribution >= 4 is 21.4 Å². The van der Waals surface area contributed by atoms with Gasteiger partial charge in [-0.25, -0.2) is 22.2 Å². The number of nitrogens with zero attached hydrogens (tertiary/aromatic N) is 2. The van der Waals surface area contributed by atoms with Crippen molar-refractivity contribution in [1.82, 2.24) is 9.55 Å². The third-order valence-corrected chi connectivity index (χ3v) is 5.84. The maximum atomic E-state index is 13.9. The topological polar surface area (TPSA) is 81.1 Å². The normalized spacial score (nSPS) is 14.7. The summed E-state index contributed by atoms with van der Waals surface area (Å²) in [5.41, 5.74) is 0.430. The van der Waals surface area contributed by atoms with Crippen molar-refractivity contribution < 1.29 is 22.0 Å². The van der Waals surface area contributed by atoms with Gasteiger partial charge in [0.15, 0.2) is 0 Å². The van der Waals surface area contributed by atoms with Crippen molar-refractivity contribution in [3.05, 3.63) is 65.9 Å². The van der Waals surface area contributed by atoms with Crippen LogP contribution in [0.2, 0.25) is 0 Å². The molecule has 27 heavy (non-hydrogen) atoms. The summed E-state index contributed by atoms with van der Waals surface area (Å²) in [7, 11) is -3.61. The molecule has 0 aliphatic carbocycles. The van der Waals surface area contributed by atoms with Crippen molar-refractivity contribution in [2.75, 3.05) is 11.1 Å². The number of carbonyl (C=O) groups excluding carboxylic acids is 1. The summed E-state index contributed by atoms with van der Waals surface area (Å²) in [6, 6.07) is 10.8. The molecule has 138 valence electrons. The molecule has 1 N–H and O–H groups in total. The second-order valence-electron chi connectivity index (χ2n) is 6.00. The first-order chi connectivity index (χ1) is 12.9. The summed E-state index contributed by atoms with van der Waals surface area (Å²) >= 11 is 0. The van der Waals surface area contributed by atoms with Crippen molar-refractivity contribution in [2.45, 2.75) is 11.7 Å². The van der Waals surface area contributed by atoms with E-state index in [9.17, 15) is 22.0 Å². The number of imidazole rings is 1. The lowest BCUT2D eigenvalue weighted by Crippen LogP contribution is -2.18. The van der Waals surface area contributed by atoms with Crippen LogP contribution in [-0.4, -0.2) is 29.6 Å². The number of anilines is 1. The Bertz CT molecular complexity index is 1160. The van der Waals surface area contributed by atoms with E-state index in [0.717, 1.165) is 0 Å². The molecule has 0 unspecified atom stereocenters. The lowest BCUT2D eigenvalue weighted by atomic mass is 10.1. The second-order valence-corrected chi connectivity index (χ2v) is 8.01. The van der Waals surface area contributed by atoms with Crippen LogP contribution in [0.15, 0.2) is 53.7 Å². The second kappa shape index (κ2) is 6.27. The van der Waals surface area contributed by atoms with Gasteiger partial charge in [0.05, 0.1) is 11.4 Å². The molecule has 0 saturated heterocycles. The fourth-order valence-electron chi connectivity index (χ4n) is 2.96. The maximum absolute atomic E-state index is 13.9. The Morgan fingerprint density at radius 1 is 1.07 bits per heavy atom. The van der Waals surface area contributed by atoms with Crippen LogP contribution in [0.1, 0.15) is 10.5 Å². The number of para-hydroxylation sites is 1. The SMILES string of the molecule is O=C(Nc1ccccc1F)c1c(-c2ccc(F)cc2)nc2n1CCS2(=O)=O. The standard InChI is InChI=1S/C18H13F2N3O3S/c19-12-7-5-11(6-8-12)15-16(23-9-10-27(25,26)18(23)22-15)17(24)21-14-4-2-1-3-13(14)20/h1-8H,9-10H2,(H,21,24). The van der Waals surface area contributed by atoms with Crippen LogP contribution in [0.3, 0.4) is 0 Å². The number of benzene rings is 2. The number of aromatic nitrogens is 2. The van der Waals surface area contributed by atoms with E-state index >= 15 is 0 Å². The Morgan fingerprint density at radius 3 is 2.48 bits per heavy atom. The van der Waals surface area contributed by atoms with Crippen molar-refractivity contribution in [3.63, 3.8) is 0 Å². The van der Waals surface area contributed by atoms with Crippen LogP contribution >= 0.6 is 0 Å². The van der Waals surface area contributed by atoms with E-state index in [4.69, 9.17) is 0 Å². The third kappa shape index (κ3) is 2.99. The number of sulfone groups is 1. The molecule has 0 spiro atoms. The summed E-state index contributed by atoms with van der Waals surface area (Å²) in [5, 5.41) is 2.23. The lowest BCUT2D eigenvalue weighted by molar-refractivity contribution is 0.101. The quantitative estimate of drug-likeness (QED) is 0.747. The highest BCUT2D eigenvalue weighted by molar-refractivity contribution is 7.91. The van der Waals surface area contributed by atoms with Crippen molar-refractivity contribution in [1.29, 1.82) is 0 Å². The number of amides is 1. The molecule has 4 rings (SSSR count). The van der Waals surface area contributed by atoms with Crippen LogP contribution in [0.25, 0.3) is 11.3 Å². The van der Waals surface area contributed by atoms with Gasteiger partial charge in [0.2, 0.25) is 15.0 Å². The van der Waals surface area contributed by atoms with Gasteiger partial charge in [-0.05, 0) is 36.4 Å². The molecule has 1 amide bonds. The van der Waals surface area contributed by atoms with Crippen molar-refractivity contribution in [3.8, 4) is 11.3 Å². The Balaban J connectivity index is 1.85. The predicted octanol–water partition coefficient (Wildman–Crippen LogP) is 2.87. The van der Waals surface area contributed by atoms with Gasteiger partial charge in [-0.1, -0.05) is 12.1 Å². The van der Waals surface area contributed by atoms with Gasteiger partial charge in [0, 0.05) is 12.1 Å². The minimum atomic E-state index is -3.61. The molecular formula is C18H13F2N3O3S. The molecule has 0 atom stereocenters. The molecule has 2 aromatic carbocycles. The molecule has 1 aliphatic heterocycles. The number of carbonyl (C=O) groups is 1. The van der Waals surface area contributed by atoms with Gasteiger partial charge >= 0.3 is 0 Å². The number of halogens is 2. The number of fused-ring (bicyclic) bond motifs is 1. The van der Waals surface area contributed by atoms with Gasteiger partial charge in [-0.2, -0.15) is 0 Å². The fraction of sp³-hybridized carbons (Fsp3) is 0.111. The summed E-state index contributed by atoms with van der Waals surface area (Å²) in [6.45, 7) is 0.0614. The average molecular weight is 389 g/mol. The molecule has 9 heteroatoms. The number of rotatable bonds is 3. The number of hydrogen-bond donors (Lipinski definition) is 1. The molecule has 0 radical (unpaired) electrons. The van der Waals surface area contributed by atoms with Crippen LogP contribution < -0.4 is 5.32 Å². The lowest BCUT2D eigenvalue weighted by Gasteiger charge is -2.09. The van der Waals surface area contributed by atoms with Gasteiger partial charge in [0.25, 0.3) is 5.91 Å². The van der Waals surface area contributed by atoms with Gasteiger partial charge in [-0.3, -0.25) is 4.79 Å². The average Bonchev–Trinajstić information content (AvgIpc) is 3.15. The first-order valence-corrected chi connectivity index (χ1v) is 9.67. The van der Waals surface area contributed by atoms with E-state index in [1.54, 1.807) is 6.07 Å². The minimum absolute atomic E-state index is 0.0130. The zero-order valence-corrected chi connectivity index (χ0v) is 14.6. The Kier molecular flexibility index (Phi) is 4.03. The van der Waals surface area contributed by atoms with E-state index in [-0.39, 0.29) is 34.5 Å². The van der Waals surface area contributed by atoms with E-state index in [1.807, 2.05) is 0 Å².